The van der Waals surface area contributed by atoms with Crippen LogP contribution in [0, 0.1) is 0 Å². The molecular formula is C37H42N4O5. The molecule has 0 aliphatic heterocycles. The highest BCUT2D eigenvalue weighted by atomic mass is 16.5. The zero-order valence-corrected chi connectivity index (χ0v) is 26.9. The first-order valence-corrected chi connectivity index (χ1v) is 15.6. The van der Waals surface area contributed by atoms with Crippen molar-refractivity contribution in [2.45, 2.75) is 64.8 Å². The highest BCUT2D eigenvalue weighted by Crippen LogP contribution is 2.24. The predicted octanol–water partition coefficient (Wildman–Crippen LogP) is 6.22. The Balaban J connectivity index is 1.43. The average Bonchev–Trinajstić information content (AvgIpc) is 3.05. The van der Waals surface area contributed by atoms with Gasteiger partial charge in [-0.25, -0.2) is 9.97 Å². The Morgan fingerprint density at radius 2 is 1.48 bits per heavy atom. The molecule has 46 heavy (non-hydrogen) atoms. The van der Waals surface area contributed by atoms with Gasteiger partial charge in [0.2, 0.25) is 5.91 Å². The fourth-order valence-corrected chi connectivity index (χ4v) is 4.72. The predicted molar refractivity (Wildman–Crippen MR) is 179 cm³/mol. The first-order valence-electron chi connectivity index (χ1n) is 15.6. The number of aromatic nitrogens is 2. The highest BCUT2D eigenvalue weighted by molar-refractivity contribution is 5.97. The maximum atomic E-state index is 13.1. The SMILES string of the molecule is CCCCOc1ccc(-c2cnc(-c3ccc(CC(NC(=O)c4ccc(C(C)(C)C)cc4)C(=O)NCCC(=O)O)cc3)nc2)cc1. The number of unbranched alkanes of at least 4 members (excludes halogenated alkanes) is 1. The van der Waals surface area contributed by atoms with Gasteiger partial charge < -0.3 is 20.5 Å². The van der Waals surface area contributed by atoms with Gasteiger partial charge >= 0.3 is 5.97 Å². The first-order chi connectivity index (χ1) is 22.0. The van der Waals surface area contributed by atoms with E-state index in [1.807, 2.05) is 60.7 Å². The third-order valence-corrected chi connectivity index (χ3v) is 7.53. The minimum absolute atomic E-state index is 0.0377. The molecule has 0 aliphatic carbocycles. The number of ether oxygens (including phenoxy) is 1. The summed E-state index contributed by atoms with van der Waals surface area (Å²) in [5.41, 5.74) is 4.96. The van der Waals surface area contributed by atoms with Crippen LogP contribution >= 0.6 is 0 Å². The Morgan fingerprint density at radius 3 is 2.07 bits per heavy atom. The van der Waals surface area contributed by atoms with E-state index in [0.29, 0.717) is 18.0 Å². The van der Waals surface area contributed by atoms with E-state index in [2.05, 4.69) is 48.3 Å². The molecule has 3 N–H and O–H groups in total. The van der Waals surface area contributed by atoms with Crippen LogP contribution in [0.4, 0.5) is 0 Å². The molecule has 1 heterocycles. The lowest BCUT2D eigenvalue weighted by Crippen LogP contribution is -2.48. The minimum Gasteiger partial charge on any atom is -0.494 e. The third kappa shape index (κ3) is 9.72. The Morgan fingerprint density at radius 1 is 0.848 bits per heavy atom. The summed E-state index contributed by atoms with van der Waals surface area (Å²) < 4.78 is 5.74. The molecule has 0 fully saturated rings. The molecule has 1 aromatic heterocycles. The maximum Gasteiger partial charge on any atom is 0.305 e. The van der Waals surface area contributed by atoms with Crippen molar-refractivity contribution in [2.75, 3.05) is 13.2 Å². The van der Waals surface area contributed by atoms with E-state index in [1.54, 1.807) is 24.5 Å². The standard InChI is InChI=1S/C37H42N4O5/c1-5-6-21-46-31-17-13-26(14-18-31)29-23-39-34(40-24-29)27-9-7-25(8-10-27)22-32(36(45)38-20-19-33(42)43)41-35(44)28-11-15-30(16-12-28)37(2,3)4/h7-18,23-24,32H,5-6,19-22H2,1-4H3,(H,38,45)(H,41,44)(H,42,43). The summed E-state index contributed by atoms with van der Waals surface area (Å²) in [6, 6.07) is 21.7. The quantitative estimate of drug-likeness (QED) is 0.142. The number of carboxylic acids is 1. The average molecular weight is 623 g/mol. The molecule has 2 amide bonds. The summed E-state index contributed by atoms with van der Waals surface area (Å²) >= 11 is 0. The largest absolute Gasteiger partial charge is 0.494 e. The van der Waals surface area contributed by atoms with Crippen molar-refractivity contribution in [2.24, 2.45) is 0 Å². The molecule has 4 rings (SSSR count). The van der Waals surface area contributed by atoms with Crippen molar-refractivity contribution >= 4 is 17.8 Å². The van der Waals surface area contributed by atoms with Crippen LogP contribution in [0.25, 0.3) is 22.5 Å². The minimum atomic E-state index is -1.02. The number of hydrogen-bond donors (Lipinski definition) is 3. The van der Waals surface area contributed by atoms with Crippen LogP contribution in [0.3, 0.4) is 0 Å². The Labute approximate surface area is 270 Å². The summed E-state index contributed by atoms with van der Waals surface area (Å²) in [6.45, 7) is 9.08. The van der Waals surface area contributed by atoms with Gasteiger partial charge in [0.05, 0.1) is 13.0 Å². The van der Waals surface area contributed by atoms with E-state index in [-0.39, 0.29) is 30.7 Å². The summed E-state index contributed by atoms with van der Waals surface area (Å²) in [5.74, 6) is -0.461. The summed E-state index contributed by atoms with van der Waals surface area (Å²) in [5, 5.41) is 14.4. The molecule has 0 bridgehead atoms. The number of nitrogens with one attached hydrogen (secondary N) is 2. The molecule has 0 aliphatic rings. The van der Waals surface area contributed by atoms with E-state index < -0.39 is 17.9 Å². The lowest BCUT2D eigenvalue weighted by molar-refractivity contribution is -0.137. The molecule has 4 aromatic rings. The van der Waals surface area contributed by atoms with Gasteiger partial charge in [-0.2, -0.15) is 0 Å². The van der Waals surface area contributed by atoms with Gasteiger partial charge in [-0.1, -0.05) is 82.6 Å². The smallest absolute Gasteiger partial charge is 0.305 e. The van der Waals surface area contributed by atoms with E-state index in [4.69, 9.17) is 9.84 Å². The lowest BCUT2D eigenvalue weighted by atomic mass is 9.86. The topological polar surface area (TPSA) is 131 Å². The van der Waals surface area contributed by atoms with E-state index >= 15 is 0 Å². The molecule has 0 saturated heterocycles. The Hall–Kier alpha value is -5.05. The number of nitrogens with zero attached hydrogens (tertiary/aromatic N) is 2. The van der Waals surface area contributed by atoms with Crippen LogP contribution in [-0.2, 0) is 21.4 Å². The molecule has 9 nitrogen and oxygen atoms in total. The molecule has 1 unspecified atom stereocenters. The maximum absolute atomic E-state index is 13.1. The number of carbonyl (C=O) groups excluding carboxylic acids is 2. The van der Waals surface area contributed by atoms with Gasteiger partial charge in [-0.05, 0) is 52.8 Å². The Kier molecular flexibility index (Phi) is 11.6. The second-order valence-electron chi connectivity index (χ2n) is 12.2. The van der Waals surface area contributed by atoms with Crippen molar-refractivity contribution < 1.29 is 24.2 Å². The van der Waals surface area contributed by atoms with E-state index in [9.17, 15) is 14.4 Å². The van der Waals surface area contributed by atoms with Crippen LogP contribution in [0.15, 0.2) is 85.2 Å². The number of aliphatic carboxylic acids is 1. The third-order valence-electron chi connectivity index (χ3n) is 7.53. The van der Waals surface area contributed by atoms with Crippen molar-refractivity contribution in [1.82, 2.24) is 20.6 Å². The van der Waals surface area contributed by atoms with Crippen LogP contribution in [0.1, 0.15) is 68.4 Å². The van der Waals surface area contributed by atoms with E-state index in [0.717, 1.165) is 46.4 Å². The van der Waals surface area contributed by atoms with Gasteiger partial charge in [-0.3, -0.25) is 14.4 Å². The number of carbonyl (C=O) groups is 3. The molecular weight excluding hydrogens is 580 g/mol. The van der Waals surface area contributed by atoms with Crippen LogP contribution < -0.4 is 15.4 Å². The Bertz CT molecular complexity index is 1590. The highest BCUT2D eigenvalue weighted by Gasteiger charge is 2.23. The van der Waals surface area contributed by atoms with Crippen LogP contribution in [-0.4, -0.2) is 52.1 Å². The molecule has 9 heteroatoms. The fourth-order valence-electron chi connectivity index (χ4n) is 4.72. The van der Waals surface area contributed by atoms with Crippen LogP contribution in [0.5, 0.6) is 5.75 Å². The number of hydrogen-bond acceptors (Lipinski definition) is 6. The van der Waals surface area contributed by atoms with Crippen molar-refractivity contribution in [3.8, 4) is 28.3 Å². The number of rotatable bonds is 14. The molecule has 0 spiro atoms. The summed E-state index contributed by atoms with van der Waals surface area (Å²) in [7, 11) is 0. The van der Waals surface area contributed by atoms with Gasteiger partial charge in [-0.15, -0.1) is 0 Å². The number of benzene rings is 3. The normalized spacial score (nSPS) is 11.8. The first kappa shape index (κ1) is 33.8. The van der Waals surface area contributed by atoms with Gasteiger partial charge in [0.25, 0.3) is 5.91 Å². The molecule has 1 atom stereocenters. The van der Waals surface area contributed by atoms with Gasteiger partial charge in [0.15, 0.2) is 5.82 Å². The van der Waals surface area contributed by atoms with Crippen molar-refractivity contribution in [3.63, 3.8) is 0 Å². The number of carboxylic acid groups (broad SMARTS) is 1. The van der Waals surface area contributed by atoms with Crippen molar-refractivity contribution in [3.05, 3.63) is 102 Å². The van der Waals surface area contributed by atoms with Gasteiger partial charge in [0.1, 0.15) is 11.8 Å². The molecule has 0 saturated carbocycles. The summed E-state index contributed by atoms with van der Waals surface area (Å²) in [4.78, 5) is 46.2. The van der Waals surface area contributed by atoms with Crippen LogP contribution in [0.2, 0.25) is 0 Å². The molecule has 0 radical (unpaired) electrons. The second kappa shape index (κ2) is 15.8. The van der Waals surface area contributed by atoms with E-state index in [1.165, 1.54) is 0 Å². The molecule has 3 aromatic carbocycles. The zero-order valence-electron chi connectivity index (χ0n) is 26.9. The lowest BCUT2D eigenvalue weighted by Gasteiger charge is -2.20. The zero-order chi connectivity index (χ0) is 33.1. The molecule has 240 valence electrons. The van der Waals surface area contributed by atoms with Crippen molar-refractivity contribution in [1.29, 1.82) is 0 Å². The van der Waals surface area contributed by atoms with Gasteiger partial charge in [0, 0.05) is 42.0 Å². The fraction of sp³-hybridized carbons (Fsp3) is 0.324. The second-order valence-corrected chi connectivity index (χ2v) is 12.2. The summed E-state index contributed by atoms with van der Waals surface area (Å²) in [6.07, 6.45) is 5.67. The number of amides is 2. The monoisotopic (exact) mass is 622 g/mol.